The second-order valence-corrected chi connectivity index (χ2v) is 8.98. The van der Waals surface area contributed by atoms with Crippen molar-refractivity contribution < 1.29 is 0 Å². The van der Waals surface area contributed by atoms with E-state index in [2.05, 4.69) is 67.2 Å². The summed E-state index contributed by atoms with van der Waals surface area (Å²) in [7, 11) is 2.15. The molecule has 5 aromatic rings. The lowest BCUT2D eigenvalue weighted by Gasteiger charge is -2.24. The zero-order valence-electron chi connectivity index (χ0n) is 18.8. The first-order chi connectivity index (χ1) is 15.5. The van der Waals surface area contributed by atoms with E-state index < -0.39 is 0 Å². The normalized spacial score (nSPS) is 14.7. The number of aromatic nitrogens is 7. The fourth-order valence-electron chi connectivity index (χ4n) is 4.89. The summed E-state index contributed by atoms with van der Waals surface area (Å²) in [6, 6.07) is 4.73. The van der Waals surface area contributed by atoms with E-state index in [-0.39, 0.29) is 0 Å². The number of aromatic amines is 1. The third-order valence-corrected chi connectivity index (χ3v) is 6.45. The molecule has 0 bridgehead atoms. The number of pyridine rings is 2. The maximum atomic E-state index is 4.72. The van der Waals surface area contributed by atoms with E-state index in [0.29, 0.717) is 6.04 Å². The van der Waals surface area contributed by atoms with Gasteiger partial charge in [0.05, 0.1) is 24.0 Å². The number of hydrogen-bond acceptors (Lipinski definition) is 5. The number of hydrogen-bond donors (Lipinski definition) is 1. The number of nitrogens with one attached hydrogen (secondary N) is 1. The summed E-state index contributed by atoms with van der Waals surface area (Å²) in [5.41, 5.74) is 8.35. The van der Waals surface area contributed by atoms with Gasteiger partial charge in [-0.25, -0.2) is 15.0 Å². The van der Waals surface area contributed by atoms with Crippen LogP contribution in [-0.2, 0) is 13.1 Å². The number of fused-ring (bicyclic) bond motifs is 3. The van der Waals surface area contributed by atoms with Gasteiger partial charge in [-0.05, 0) is 40.0 Å². The van der Waals surface area contributed by atoms with Crippen molar-refractivity contribution in [3.63, 3.8) is 0 Å². The molecule has 0 spiro atoms. The van der Waals surface area contributed by atoms with Gasteiger partial charge in [-0.15, -0.1) is 0 Å². The summed E-state index contributed by atoms with van der Waals surface area (Å²) in [4.78, 5) is 19.7. The molecule has 0 amide bonds. The van der Waals surface area contributed by atoms with Gasteiger partial charge in [-0.2, -0.15) is 5.10 Å². The first-order valence-corrected chi connectivity index (χ1v) is 11.1. The molecule has 5 aromatic heterocycles. The Hall–Kier alpha value is -3.52. The van der Waals surface area contributed by atoms with Gasteiger partial charge in [-0.1, -0.05) is 0 Å². The van der Waals surface area contributed by atoms with Gasteiger partial charge < -0.3 is 9.55 Å². The smallest absolute Gasteiger partial charge is 0.177 e. The third kappa shape index (κ3) is 2.86. The van der Waals surface area contributed by atoms with E-state index >= 15 is 0 Å². The van der Waals surface area contributed by atoms with Crippen LogP contribution in [0.3, 0.4) is 0 Å². The fourth-order valence-corrected chi connectivity index (χ4v) is 4.89. The highest BCUT2D eigenvalue weighted by atomic mass is 15.3. The number of likely N-dealkylation sites (N-methyl/N-ethyl adjacent to an activating group) is 1. The standard InChI is InChI=1S/C24H26N8/c1-14(2)32-15(3)29-24-21(32)8-17(10-26-24)19-11-27-23-18(19)7-16(9-25-23)20-12-28-31-6-5-30(4)13-22(20)31/h7-12,14H,5-6,13H2,1-4H3,(H,25,27). The Morgan fingerprint density at radius 2 is 1.81 bits per heavy atom. The summed E-state index contributed by atoms with van der Waals surface area (Å²) in [5, 5.41) is 5.70. The first kappa shape index (κ1) is 19.2. The van der Waals surface area contributed by atoms with Crippen molar-refractivity contribution in [2.24, 2.45) is 0 Å². The number of aryl methyl sites for hydroxylation is 1. The average Bonchev–Trinajstić information content (AvgIpc) is 3.46. The Morgan fingerprint density at radius 1 is 1.00 bits per heavy atom. The van der Waals surface area contributed by atoms with Crippen LogP contribution in [0, 0.1) is 6.92 Å². The van der Waals surface area contributed by atoms with E-state index in [0.717, 1.165) is 69.9 Å². The summed E-state index contributed by atoms with van der Waals surface area (Å²) in [6.07, 6.45) is 7.84. The molecule has 1 aliphatic heterocycles. The summed E-state index contributed by atoms with van der Waals surface area (Å²) >= 11 is 0. The third-order valence-electron chi connectivity index (χ3n) is 6.45. The molecular formula is C24H26N8. The van der Waals surface area contributed by atoms with Gasteiger partial charge in [0.2, 0.25) is 0 Å². The molecule has 1 aliphatic rings. The van der Waals surface area contributed by atoms with Crippen LogP contribution < -0.4 is 0 Å². The summed E-state index contributed by atoms with van der Waals surface area (Å²) in [5.74, 6) is 0.985. The number of H-pyrrole nitrogens is 1. The van der Waals surface area contributed by atoms with Crippen LogP contribution in [0.25, 0.3) is 44.5 Å². The molecule has 0 atom stereocenters. The maximum Gasteiger partial charge on any atom is 0.177 e. The van der Waals surface area contributed by atoms with Crippen molar-refractivity contribution in [2.45, 2.75) is 39.9 Å². The quantitative estimate of drug-likeness (QED) is 0.468. The van der Waals surface area contributed by atoms with Crippen molar-refractivity contribution in [1.82, 2.24) is 39.2 Å². The monoisotopic (exact) mass is 426 g/mol. The Labute approximate surface area is 185 Å². The minimum atomic E-state index is 0.319. The molecule has 32 heavy (non-hydrogen) atoms. The second kappa shape index (κ2) is 7.00. The molecular weight excluding hydrogens is 400 g/mol. The van der Waals surface area contributed by atoms with Gasteiger partial charge in [0.1, 0.15) is 11.5 Å². The zero-order valence-corrected chi connectivity index (χ0v) is 18.8. The predicted molar refractivity (Wildman–Crippen MR) is 125 cm³/mol. The lowest BCUT2D eigenvalue weighted by atomic mass is 10.0. The van der Waals surface area contributed by atoms with Crippen molar-refractivity contribution in [1.29, 1.82) is 0 Å². The van der Waals surface area contributed by atoms with Crippen molar-refractivity contribution in [3.8, 4) is 22.3 Å². The topological polar surface area (TPSA) is 80.4 Å². The molecule has 0 unspecified atom stereocenters. The lowest BCUT2D eigenvalue weighted by Crippen LogP contribution is -2.30. The number of rotatable bonds is 3. The zero-order chi connectivity index (χ0) is 22.0. The fraction of sp³-hybridized carbons (Fsp3) is 0.333. The molecule has 0 aliphatic carbocycles. The Morgan fingerprint density at radius 3 is 2.66 bits per heavy atom. The molecule has 0 radical (unpaired) electrons. The van der Waals surface area contributed by atoms with Crippen molar-refractivity contribution in [2.75, 3.05) is 13.6 Å². The molecule has 0 aromatic carbocycles. The number of nitrogens with zero attached hydrogens (tertiary/aromatic N) is 7. The maximum absolute atomic E-state index is 4.72. The van der Waals surface area contributed by atoms with Crippen LogP contribution in [0.5, 0.6) is 0 Å². The van der Waals surface area contributed by atoms with E-state index in [1.807, 2.05) is 31.7 Å². The second-order valence-electron chi connectivity index (χ2n) is 8.98. The summed E-state index contributed by atoms with van der Waals surface area (Å²) < 4.78 is 4.35. The molecule has 0 saturated carbocycles. The van der Waals surface area contributed by atoms with Crippen molar-refractivity contribution >= 4 is 22.2 Å². The highest BCUT2D eigenvalue weighted by Crippen LogP contribution is 2.34. The van der Waals surface area contributed by atoms with Crippen LogP contribution in [0.4, 0.5) is 0 Å². The van der Waals surface area contributed by atoms with Crippen LogP contribution in [0.2, 0.25) is 0 Å². The minimum Gasteiger partial charge on any atom is -0.346 e. The van der Waals surface area contributed by atoms with Gasteiger partial charge in [0, 0.05) is 65.4 Å². The van der Waals surface area contributed by atoms with Crippen LogP contribution in [-0.4, -0.2) is 52.8 Å². The van der Waals surface area contributed by atoms with E-state index in [1.165, 1.54) is 5.69 Å². The van der Waals surface area contributed by atoms with Gasteiger partial charge in [-0.3, -0.25) is 9.58 Å². The van der Waals surface area contributed by atoms with Crippen molar-refractivity contribution in [3.05, 3.63) is 48.4 Å². The Balaban J connectivity index is 1.49. The molecule has 0 saturated heterocycles. The largest absolute Gasteiger partial charge is 0.346 e. The average molecular weight is 427 g/mol. The van der Waals surface area contributed by atoms with Gasteiger partial charge >= 0.3 is 0 Å². The lowest BCUT2D eigenvalue weighted by molar-refractivity contribution is 0.259. The molecule has 1 N–H and O–H groups in total. The Kier molecular flexibility index (Phi) is 4.19. The highest BCUT2D eigenvalue weighted by Gasteiger charge is 2.20. The molecule has 6 heterocycles. The SMILES string of the molecule is Cc1nc2ncc(-c3c[nH]c4ncc(-c5cnn6c5CN(C)CC6)cc34)cc2n1C(C)C. The highest BCUT2D eigenvalue weighted by molar-refractivity contribution is 5.97. The molecule has 162 valence electrons. The molecule has 8 heteroatoms. The minimum absolute atomic E-state index is 0.319. The number of imidazole rings is 1. The van der Waals surface area contributed by atoms with Gasteiger partial charge in [0.15, 0.2) is 5.65 Å². The van der Waals surface area contributed by atoms with Crippen LogP contribution >= 0.6 is 0 Å². The van der Waals surface area contributed by atoms with E-state index in [1.54, 1.807) is 0 Å². The Bertz CT molecular complexity index is 1470. The first-order valence-electron chi connectivity index (χ1n) is 11.1. The van der Waals surface area contributed by atoms with E-state index in [4.69, 9.17) is 4.98 Å². The van der Waals surface area contributed by atoms with Gasteiger partial charge in [0.25, 0.3) is 0 Å². The molecule has 6 rings (SSSR count). The predicted octanol–water partition coefficient (Wildman–Crippen LogP) is 4.17. The molecule has 0 fully saturated rings. The summed E-state index contributed by atoms with van der Waals surface area (Å²) in [6.45, 7) is 9.22. The van der Waals surface area contributed by atoms with E-state index in [9.17, 15) is 0 Å². The molecule has 8 nitrogen and oxygen atoms in total. The van der Waals surface area contributed by atoms with Crippen LogP contribution in [0.15, 0.2) is 36.9 Å². The van der Waals surface area contributed by atoms with Crippen LogP contribution in [0.1, 0.15) is 31.4 Å².